The van der Waals surface area contributed by atoms with E-state index in [0.717, 1.165) is 22.4 Å². The van der Waals surface area contributed by atoms with Gasteiger partial charge in [0.2, 0.25) is 0 Å². The van der Waals surface area contributed by atoms with Gasteiger partial charge in [-0.15, -0.1) is 0 Å². The fourth-order valence-electron chi connectivity index (χ4n) is 1.82. The van der Waals surface area contributed by atoms with Crippen molar-refractivity contribution >= 4 is 11.8 Å². The van der Waals surface area contributed by atoms with Crippen molar-refractivity contribution in [3.63, 3.8) is 0 Å². The van der Waals surface area contributed by atoms with Crippen LogP contribution in [0.3, 0.4) is 0 Å². The third-order valence-corrected chi connectivity index (χ3v) is 3.39. The van der Waals surface area contributed by atoms with Gasteiger partial charge in [-0.25, -0.2) is 9.97 Å². The molecule has 0 saturated heterocycles. The molecular weight excluding hydrogens is 230 g/mol. The van der Waals surface area contributed by atoms with Gasteiger partial charge in [-0.2, -0.15) is 0 Å². The Balaban J connectivity index is 2.09. The summed E-state index contributed by atoms with van der Waals surface area (Å²) in [6.07, 6.45) is 2.16. The minimum absolute atomic E-state index is 0.855. The molecule has 0 aliphatic rings. The van der Waals surface area contributed by atoms with Gasteiger partial charge in [0.1, 0.15) is 0 Å². The monoisotopic (exact) mass is 247 g/mol. The average molecular weight is 247 g/mol. The second kappa shape index (κ2) is 4.92. The molecule has 0 fully saturated rings. The highest BCUT2D eigenvalue weighted by atomic mass is 32.2. The Morgan fingerprint density at radius 2 is 1.71 bits per heavy atom. The smallest absolute Gasteiger partial charge is 0.189 e. The van der Waals surface area contributed by atoms with Gasteiger partial charge in [0, 0.05) is 23.3 Å². The molecule has 2 aromatic rings. The maximum Gasteiger partial charge on any atom is 0.189 e. The van der Waals surface area contributed by atoms with Crippen molar-refractivity contribution in [1.29, 1.82) is 0 Å². The summed E-state index contributed by atoms with van der Waals surface area (Å²) in [7, 11) is 0. The lowest BCUT2D eigenvalue weighted by atomic mass is 10.4. The largest absolute Gasteiger partial charge is 0.341 e. The van der Waals surface area contributed by atoms with Crippen molar-refractivity contribution in [2.24, 2.45) is 0 Å². The van der Waals surface area contributed by atoms with Crippen LogP contribution in [0.15, 0.2) is 23.5 Å². The molecule has 0 saturated carbocycles. The van der Waals surface area contributed by atoms with E-state index in [9.17, 15) is 0 Å². The molecule has 0 radical (unpaired) electrons. The van der Waals surface area contributed by atoms with E-state index in [1.807, 2.05) is 19.9 Å². The minimum Gasteiger partial charge on any atom is -0.341 e. The molecule has 2 rings (SSSR count). The van der Waals surface area contributed by atoms with Crippen LogP contribution in [0, 0.1) is 27.7 Å². The van der Waals surface area contributed by atoms with Crippen LogP contribution in [-0.4, -0.2) is 14.5 Å². The molecule has 0 N–H and O–H groups in total. The second-order valence-electron chi connectivity index (χ2n) is 4.34. The first kappa shape index (κ1) is 12.2. The Labute approximate surface area is 106 Å². The van der Waals surface area contributed by atoms with E-state index in [2.05, 4.69) is 40.6 Å². The number of thioether (sulfide) groups is 1. The summed E-state index contributed by atoms with van der Waals surface area (Å²) in [6, 6.07) is 4.18. The van der Waals surface area contributed by atoms with Gasteiger partial charge in [0.15, 0.2) is 5.16 Å². The van der Waals surface area contributed by atoms with Crippen LogP contribution in [0.4, 0.5) is 0 Å². The van der Waals surface area contributed by atoms with Crippen molar-refractivity contribution in [1.82, 2.24) is 14.5 Å². The zero-order chi connectivity index (χ0) is 12.4. The summed E-state index contributed by atoms with van der Waals surface area (Å²) in [5, 5.41) is 0.855. The number of aryl methyl sites for hydroxylation is 4. The summed E-state index contributed by atoms with van der Waals surface area (Å²) in [5.41, 5.74) is 4.63. The number of hydrogen-bond donors (Lipinski definition) is 0. The van der Waals surface area contributed by atoms with E-state index in [1.165, 1.54) is 11.3 Å². The van der Waals surface area contributed by atoms with Gasteiger partial charge in [0.05, 0.1) is 5.88 Å². The molecule has 3 nitrogen and oxygen atoms in total. The molecule has 0 bridgehead atoms. The summed E-state index contributed by atoms with van der Waals surface area (Å²) in [6.45, 7) is 8.24. The second-order valence-corrected chi connectivity index (χ2v) is 5.25. The van der Waals surface area contributed by atoms with Gasteiger partial charge >= 0.3 is 0 Å². The molecule has 90 valence electrons. The van der Waals surface area contributed by atoms with E-state index < -0.39 is 0 Å². The van der Waals surface area contributed by atoms with Crippen molar-refractivity contribution in [2.45, 2.75) is 38.7 Å². The zero-order valence-electron chi connectivity index (χ0n) is 10.7. The fraction of sp³-hybridized carbons (Fsp3) is 0.385. The molecule has 2 heterocycles. The molecule has 0 unspecified atom stereocenters. The molecule has 0 aliphatic heterocycles. The van der Waals surface area contributed by atoms with Crippen LogP contribution in [0.2, 0.25) is 0 Å². The molecule has 0 amide bonds. The van der Waals surface area contributed by atoms with E-state index in [1.54, 1.807) is 11.8 Å². The van der Waals surface area contributed by atoms with Gasteiger partial charge in [0.25, 0.3) is 0 Å². The predicted molar refractivity (Wildman–Crippen MR) is 71.3 cm³/mol. The Hall–Kier alpha value is -1.29. The lowest BCUT2D eigenvalue weighted by molar-refractivity contribution is 0.841. The lowest BCUT2D eigenvalue weighted by Crippen LogP contribution is -1.98. The standard InChI is InChI=1S/C13H17N3S/c1-9-5-12(4)16(7-9)8-17-13-14-10(2)6-11(3)15-13/h5-7H,8H2,1-4H3. The highest BCUT2D eigenvalue weighted by Crippen LogP contribution is 2.18. The van der Waals surface area contributed by atoms with Crippen molar-refractivity contribution in [3.8, 4) is 0 Å². The summed E-state index contributed by atoms with van der Waals surface area (Å²) in [5.74, 6) is 0.864. The van der Waals surface area contributed by atoms with Gasteiger partial charge < -0.3 is 4.57 Å². The van der Waals surface area contributed by atoms with E-state index >= 15 is 0 Å². The fourth-order valence-corrected chi connectivity index (χ4v) is 2.77. The van der Waals surface area contributed by atoms with Crippen LogP contribution in [0.5, 0.6) is 0 Å². The Morgan fingerprint density at radius 3 is 2.24 bits per heavy atom. The zero-order valence-corrected chi connectivity index (χ0v) is 11.5. The quantitative estimate of drug-likeness (QED) is 0.616. The third kappa shape index (κ3) is 3.09. The van der Waals surface area contributed by atoms with Crippen LogP contribution < -0.4 is 0 Å². The van der Waals surface area contributed by atoms with Crippen LogP contribution in [0.1, 0.15) is 22.6 Å². The van der Waals surface area contributed by atoms with Gasteiger partial charge in [-0.05, 0) is 45.4 Å². The van der Waals surface area contributed by atoms with Crippen LogP contribution >= 0.6 is 11.8 Å². The van der Waals surface area contributed by atoms with Crippen LogP contribution in [-0.2, 0) is 5.88 Å². The summed E-state index contributed by atoms with van der Waals surface area (Å²) < 4.78 is 2.22. The van der Waals surface area contributed by atoms with Crippen molar-refractivity contribution in [3.05, 3.63) is 41.0 Å². The maximum absolute atomic E-state index is 4.42. The minimum atomic E-state index is 0.855. The molecule has 0 aromatic carbocycles. The first-order valence-corrected chi connectivity index (χ1v) is 6.61. The molecule has 17 heavy (non-hydrogen) atoms. The normalized spacial score (nSPS) is 10.8. The summed E-state index contributed by atoms with van der Waals surface area (Å²) >= 11 is 1.67. The molecule has 0 atom stereocenters. The van der Waals surface area contributed by atoms with Gasteiger partial charge in [-0.3, -0.25) is 0 Å². The van der Waals surface area contributed by atoms with Crippen molar-refractivity contribution < 1.29 is 0 Å². The number of rotatable bonds is 3. The number of hydrogen-bond acceptors (Lipinski definition) is 3. The molecule has 0 aliphatic carbocycles. The van der Waals surface area contributed by atoms with E-state index in [0.29, 0.717) is 0 Å². The molecule has 4 heteroatoms. The summed E-state index contributed by atoms with van der Waals surface area (Å²) in [4.78, 5) is 8.85. The Morgan fingerprint density at radius 1 is 1.06 bits per heavy atom. The predicted octanol–water partition coefficient (Wildman–Crippen LogP) is 3.26. The highest BCUT2D eigenvalue weighted by Gasteiger charge is 2.03. The molecular formula is C13H17N3S. The van der Waals surface area contributed by atoms with Crippen LogP contribution in [0.25, 0.3) is 0 Å². The first-order chi connectivity index (χ1) is 8.04. The molecule has 0 spiro atoms. The Bertz CT molecular complexity index is 511. The van der Waals surface area contributed by atoms with Crippen molar-refractivity contribution in [2.75, 3.05) is 0 Å². The maximum atomic E-state index is 4.42. The molecule has 2 aromatic heterocycles. The highest BCUT2D eigenvalue weighted by molar-refractivity contribution is 7.98. The van der Waals surface area contributed by atoms with Gasteiger partial charge in [-0.1, -0.05) is 11.8 Å². The number of nitrogens with zero attached hydrogens (tertiary/aromatic N) is 3. The first-order valence-electron chi connectivity index (χ1n) is 5.63. The lowest BCUT2D eigenvalue weighted by Gasteiger charge is -2.06. The van der Waals surface area contributed by atoms with E-state index in [-0.39, 0.29) is 0 Å². The Kier molecular flexibility index (Phi) is 3.52. The SMILES string of the molecule is Cc1cc(C)n(CSc2nc(C)cc(C)n2)c1. The third-order valence-electron chi connectivity index (χ3n) is 2.54. The topological polar surface area (TPSA) is 30.7 Å². The average Bonchev–Trinajstić information content (AvgIpc) is 2.53. The van der Waals surface area contributed by atoms with E-state index in [4.69, 9.17) is 0 Å². The number of aromatic nitrogens is 3.